The van der Waals surface area contributed by atoms with Crippen molar-refractivity contribution in [2.75, 3.05) is 18.5 Å². The van der Waals surface area contributed by atoms with Crippen LogP contribution in [-0.4, -0.2) is 19.1 Å². The van der Waals surface area contributed by atoms with E-state index >= 15 is 0 Å². The minimum Gasteiger partial charge on any atom is -0.486 e. The van der Waals surface area contributed by atoms with Crippen molar-refractivity contribution in [3.05, 3.63) is 17.2 Å². The van der Waals surface area contributed by atoms with E-state index in [0.717, 1.165) is 11.8 Å². The number of benzene rings is 1. The molecule has 1 amide bonds. The zero-order valence-corrected chi connectivity index (χ0v) is 13.2. The van der Waals surface area contributed by atoms with Crippen molar-refractivity contribution < 1.29 is 14.3 Å². The van der Waals surface area contributed by atoms with Crippen LogP contribution in [0.2, 0.25) is 5.02 Å². The van der Waals surface area contributed by atoms with Gasteiger partial charge in [-0.05, 0) is 37.0 Å². The fraction of sp³-hybridized carbons (Fsp3) is 0.588. The van der Waals surface area contributed by atoms with Gasteiger partial charge in [0.2, 0.25) is 5.91 Å². The molecule has 2 fully saturated rings. The maximum atomic E-state index is 12.3. The van der Waals surface area contributed by atoms with Gasteiger partial charge < -0.3 is 14.8 Å². The summed E-state index contributed by atoms with van der Waals surface area (Å²) >= 11 is 6.23. The molecular formula is C17H20ClNO3. The summed E-state index contributed by atoms with van der Waals surface area (Å²) in [5.74, 6) is 3.51. The van der Waals surface area contributed by atoms with Gasteiger partial charge in [0.15, 0.2) is 11.5 Å². The van der Waals surface area contributed by atoms with Gasteiger partial charge in [-0.25, -0.2) is 0 Å². The highest BCUT2D eigenvalue weighted by atomic mass is 35.5. The van der Waals surface area contributed by atoms with Crippen LogP contribution < -0.4 is 14.8 Å². The van der Waals surface area contributed by atoms with Crippen LogP contribution in [0.1, 0.15) is 32.1 Å². The first kappa shape index (κ1) is 14.2. The van der Waals surface area contributed by atoms with Crippen molar-refractivity contribution >= 4 is 23.2 Å². The Bertz CT molecular complexity index is 604. The first-order valence-electron chi connectivity index (χ1n) is 8.08. The van der Waals surface area contributed by atoms with E-state index in [4.69, 9.17) is 21.1 Å². The number of halogens is 1. The summed E-state index contributed by atoms with van der Waals surface area (Å²) in [5, 5.41) is 3.43. The molecular weight excluding hydrogens is 302 g/mol. The molecule has 2 bridgehead atoms. The molecule has 1 N–H and O–H groups in total. The van der Waals surface area contributed by atoms with Crippen LogP contribution in [0.3, 0.4) is 0 Å². The molecule has 5 heteroatoms. The average molecular weight is 322 g/mol. The van der Waals surface area contributed by atoms with Gasteiger partial charge in [-0.3, -0.25) is 4.79 Å². The van der Waals surface area contributed by atoms with Gasteiger partial charge in [-0.15, -0.1) is 0 Å². The number of rotatable bonds is 3. The minimum atomic E-state index is 0.0520. The van der Waals surface area contributed by atoms with Gasteiger partial charge in [0, 0.05) is 18.6 Å². The third kappa shape index (κ3) is 2.65. The molecule has 0 radical (unpaired) electrons. The summed E-state index contributed by atoms with van der Waals surface area (Å²) in [6.45, 7) is 1.05. The zero-order valence-electron chi connectivity index (χ0n) is 12.4. The van der Waals surface area contributed by atoms with Crippen LogP contribution in [0.25, 0.3) is 0 Å². The first-order chi connectivity index (χ1) is 10.7. The second-order valence-corrected chi connectivity index (χ2v) is 7.07. The molecule has 3 unspecified atom stereocenters. The maximum absolute atomic E-state index is 12.3. The van der Waals surface area contributed by atoms with Crippen LogP contribution in [0.4, 0.5) is 5.69 Å². The van der Waals surface area contributed by atoms with Gasteiger partial charge in [-0.2, -0.15) is 0 Å². The lowest BCUT2D eigenvalue weighted by atomic mass is 9.86. The molecule has 4 nitrogen and oxygen atoms in total. The molecule has 0 spiro atoms. The Hall–Kier alpha value is -1.42. The lowest BCUT2D eigenvalue weighted by Gasteiger charge is -2.22. The lowest BCUT2D eigenvalue weighted by molar-refractivity contribution is -0.117. The van der Waals surface area contributed by atoms with Crippen molar-refractivity contribution in [2.45, 2.75) is 32.1 Å². The zero-order chi connectivity index (χ0) is 15.1. The van der Waals surface area contributed by atoms with Crippen molar-refractivity contribution in [1.82, 2.24) is 0 Å². The molecule has 118 valence electrons. The van der Waals surface area contributed by atoms with E-state index in [1.165, 1.54) is 25.7 Å². The van der Waals surface area contributed by atoms with Gasteiger partial charge in [0.25, 0.3) is 0 Å². The highest BCUT2D eigenvalue weighted by Crippen LogP contribution is 2.49. The Kier molecular flexibility index (Phi) is 3.65. The van der Waals surface area contributed by atoms with E-state index in [1.807, 2.05) is 0 Å². The smallest absolute Gasteiger partial charge is 0.224 e. The molecule has 22 heavy (non-hydrogen) atoms. The number of amides is 1. The predicted octanol–water partition coefficient (Wildman–Crippen LogP) is 3.88. The van der Waals surface area contributed by atoms with Gasteiger partial charge in [0.05, 0.1) is 10.7 Å². The number of hydrogen-bond acceptors (Lipinski definition) is 3. The number of anilines is 1. The summed E-state index contributed by atoms with van der Waals surface area (Å²) in [6, 6.07) is 3.47. The summed E-state index contributed by atoms with van der Waals surface area (Å²) in [6.07, 6.45) is 5.80. The fourth-order valence-corrected chi connectivity index (χ4v) is 4.43. The lowest BCUT2D eigenvalue weighted by Crippen LogP contribution is -2.21. The Morgan fingerprint density at radius 3 is 2.64 bits per heavy atom. The van der Waals surface area contributed by atoms with Crippen LogP contribution in [0, 0.1) is 17.8 Å². The van der Waals surface area contributed by atoms with E-state index in [0.29, 0.717) is 47.8 Å². The number of nitrogens with one attached hydrogen (secondary N) is 1. The molecule has 3 atom stereocenters. The number of carbonyl (C=O) groups is 1. The molecule has 2 aliphatic carbocycles. The van der Waals surface area contributed by atoms with E-state index in [1.54, 1.807) is 12.1 Å². The van der Waals surface area contributed by atoms with Crippen molar-refractivity contribution in [1.29, 1.82) is 0 Å². The number of carbonyl (C=O) groups excluding carboxylic acids is 1. The normalized spacial score (nSPS) is 28.7. The number of fused-ring (bicyclic) bond motifs is 3. The van der Waals surface area contributed by atoms with E-state index in [-0.39, 0.29) is 5.91 Å². The average Bonchev–Trinajstić information content (AvgIpc) is 3.10. The van der Waals surface area contributed by atoms with Crippen LogP contribution in [0.15, 0.2) is 12.1 Å². The van der Waals surface area contributed by atoms with Crippen LogP contribution >= 0.6 is 11.6 Å². The second kappa shape index (κ2) is 5.65. The summed E-state index contributed by atoms with van der Waals surface area (Å²) in [4.78, 5) is 12.3. The first-order valence-corrected chi connectivity index (χ1v) is 8.46. The van der Waals surface area contributed by atoms with Crippen LogP contribution in [-0.2, 0) is 4.79 Å². The highest BCUT2D eigenvalue weighted by molar-refractivity contribution is 6.34. The largest absolute Gasteiger partial charge is 0.486 e. The van der Waals surface area contributed by atoms with Crippen molar-refractivity contribution in [3.63, 3.8) is 0 Å². The highest BCUT2D eigenvalue weighted by Gasteiger charge is 2.40. The quantitative estimate of drug-likeness (QED) is 0.919. The molecule has 3 aliphatic rings. The van der Waals surface area contributed by atoms with Crippen molar-refractivity contribution in [2.24, 2.45) is 17.8 Å². The molecule has 1 aromatic carbocycles. The minimum absolute atomic E-state index is 0.0520. The standard InChI is InChI=1S/C17H20ClNO3/c18-13-8-15-16(22-4-3-21-15)9-14(13)19-17(20)7-12-6-10-1-2-11(12)5-10/h8-12H,1-7H2,(H,19,20). The monoisotopic (exact) mass is 321 g/mol. The van der Waals surface area contributed by atoms with E-state index in [2.05, 4.69) is 5.32 Å². The van der Waals surface area contributed by atoms with E-state index < -0.39 is 0 Å². The number of ether oxygens (including phenoxy) is 2. The molecule has 4 rings (SSSR count). The SMILES string of the molecule is O=C(CC1CC2CCC1C2)Nc1cc2c(cc1Cl)OCCO2. The molecule has 2 saturated carbocycles. The fourth-order valence-electron chi connectivity index (χ4n) is 4.23. The van der Waals surface area contributed by atoms with Crippen LogP contribution in [0.5, 0.6) is 11.5 Å². The Labute approximate surface area is 135 Å². The second-order valence-electron chi connectivity index (χ2n) is 6.66. The van der Waals surface area contributed by atoms with Crippen molar-refractivity contribution in [3.8, 4) is 11.5 Å². The van der Waals surface area contributed by atoms with Gasteiger partial charge >= 0.3 is 0 Å². The molecule has 1 aromatic rings. The molecule has 0 aromatic heterocycles. The number of hydrogen-bond donors (Lipinski definition) is 1. The molecule has 0 saturated heterocycles. The van der Waals surface area contributed by atoms with E-state index in [9.17, 15) is 4.79 Å². The predicted molar refractivity (Wildman–Crippen MR) is 84.6 cm³/mol. The summed E-state index contributed by atoms with van der Waals surface area (Å²) in [7, 11) is 0. The molecule has 1 aliphatic heterocycles. The Balaban J connectivity index is 1.43. The van der Waals surface area contributed by atoms with Gasteiger partial charge in [0.1, 0.15) is 13.2 Å². The Morgan fingerprint density at radius 1 is 1.18 bits per heavy atom. The summed E-state index contributed by atoms with van der Waals surface area (Å²) in [5.41, 5.74) is 0.610. The third-order valence-corrected chi connectivity index (χ3v) is 5.55. The third-order valence-electron chi connectivity index (χ3n) is 5.24. The topological polar surface area (TPSA) is 47.6 Å². The summed E-state index contributed by atoms with van der Waals surface area (Å²) < 4.78 is 11.0. The Morgan fingerprint density at radius 2 is 1.95 bits per heavy atom. The van der Waals surface area contributed by atoms with Gasteiger partial charge in [-0.1, -0.05) is 18.0 Å². The molecule has 1 heterocycles. The maximum Gasteiger partial charge on any atom is 0.224 e.